The number of amides is 1. The van der Waals surface area contributed by atoms with Gasteiger partial charge in [0, 0.05) is 30.7 Å². The average molecular weight is 285 g/mol. The summed E-state index contributed by atoms with van der Waals surface area (Å²) in [6.45, 7) is 1.61. The van der Waals surface area contributed by atoms with Crippen molar-refractivity contribution in [3.8, 4) is 0 Å². The van der Waals surface area contributed by atoms with Crippen LogP contribution in [0.1, 0.15) is 36.0 Å². The smallest absolute Gasteiger partial charge is 0.253 e. The summed E-state index contributed by atoms with van der Waals surface area (Å²) in [4.78, 5) is 17.8. The lowest BCUT2D eigenvalue weighted by Crippen LogP contribution is -2.37. The molecule has 2 aromatic rings. The lowest BCUT2D eigenvalue weighted by atomic mass is 10.1. The Balaban J connectivity index is 1.55. The maximum atomic E-state index is 12.3. The van der Waals surface area contributed by atoms with Crippen molar-refractivity contribution >= 4 is 16.8 Å². The minimum atomic E-state index is 0.00266. The maximum absolute atomic E-state index is 12.3. The highest BCUT2D eigenvalue weighted by Crippen LogP contribution is 2.22. The Morgan fingerprint density at radius 3 is 2.95 bits per heavy atom. The second kappa shape index (κ2) is 6.31. The summed E-state index contributed by atoms with van der Waals surface area (Å²) in [5, 5.41) is 4.11. The van der Waals surface area contributed by atoms with Crippen LogP contribution in [-0.4, -0.2) is 42.0 Å². The first kappa shape index (κ1) is 14.1. The molecule has 0 atom stereocenters. The van der Waals surface area contributed by atoms with E-state index in [4.69, 9.17) is 0 Å². The molecule has 1 aromatic heterocycles. The number of carbonyl (C=O) groups excluding carboxylic acids is 1. The van der Waals surface area contributed by atoms with Crippen molar-refractivity contribution in [2.75, 3.05) is 20.1 Å². The Morgan fingerprint density at radius 2 is 2.14 bits per heavy atom. The van der Waals surface area contributed by atoms with Gasteiger partial charge in [0.25, 0.3) is 5.91 Å². The SMILES string of the molecule is CN(CCNC(=O)c1cccc2cc[nH]c12)C1CCCC1. The van der Waals surface area contributed by atoms with Crippen molar-refractivity contribution in [1.29, 1.82) is 0 Å². The summed E-state index contributed by atoms with van der Waals surface area (Å²) in [7, 11) is 2.16. The highest BCUT2D eigenvalue weighted by molar-refractivity contribution is 6.05. The summed E-state index contributed by atoms with van der Waals surface area (Å²) in [5.41, 5.74) is 1.64. The minimum Gasteiger partial charge on any atom is -0.361 e. The van der Waals surface area contributed by atoms with Crippen LogP contribution in [-0.2, 0) is 0 Å². The second-order valence-corrected chi connectivity index (χ2v) is 5.92. The molecule has 0 unspecified atom stereocenters. The molecule has 0 spiro atoms. The largest absolute Gasteiger partial charge is 0.361 e. The Bertz CT molecular complexity index is 613. The minimum absolute atomic E-state index is 0.00266. The van der Waals surface area contributed by atoms with Gasteiger partial charge in [0.1, 0.15) is 0 Å². The molecule has 112 valence electrons. The molecule has 1 aromatic carbocycles. The normalized spacial score (nSPS) is 15.9. The number of rotatable bonds is 5. The van der Waals surface area contributed by atoms with Crippen molar-refractivity contribution < 1.29 is 4.79 Å². The van der Waals surface area contributed by atoms with Crippen molar-refractivity contribution in [2.24, 2.45) is 0 Å². The number of hydrogen-bond donors (Lipinski definition) is 2. The molecule has 0 bridgehead atoms. The van der Waals surface area contributed by atoms with E-state index in [1.54, 1.807) is 0 Å². The second-order valence-electron chi connectivity index (χ2n) is 5.92. The molecule has 1 fully saturated rings. The fourth-order valence-corrected chi connectivity index (χ4v) is 3.24. The molecule has 0 aliphatic heterocycles. The summed E-state index contributed by atoms with van der Waals surface area (Å²) in [5.74, 6) is 0.00266. The molecule has 0 radical (unpaired) electrons. The van der Waals surface area contributed by atoms with Gasteiger partial charge in [-0.1, -0.05) is 25.0 Å². The number of aromatic nitrogens is 1. The van der Waals surface area contributed by atoms with Gasteiger partial charge in [-0.05, 0) is 32.0 Å². The van der Waals surface area contributed by atoms with E-state index in [9.17, 15) is 4.79 Å². The number of hydrogen-bond acceptors (Lipinski definition) is 2. The zero-order valence-electron chi connectivity index (χ0n) is 12.6. The monoisotopic (exact) mass is 285 g/mol. The van der Waals surface area contributed by atoms with Crippen LogP contribution in [0.15, 0.2) is 30.5 Å². The van der Waals surface area contributed by atoms with Crippen LogP contribution in [0, 0.1) is 0 Å². The van der Waals surface area contributed by atoms with Gasteiger partial charge in [-0.3, -0.25) is 4.79 Å². The van der Waals surface area contributed by atoms with Crippen molar-refractivity contribution in [1.82, 2.24) is 15.2 Å². The molecule has 3 rings (SSSR count). The zero-order chi connectivity index (χ0) is 14.7. The molecule has 1 aliphatic carbocycles. The van der Waals surface area contributed by atoms with Gasteiger partial charge in [0.15, 0.2) is 0 Å². The lowest BCUT2D eigenvalue weighted by molar-refractivity contribution is 0.0948. The molecule has 1 saturated carbocycles. The van der Waals surface area contributed by atoms with Crippen LogP contribution in [0.25, 0.3) is 10.9 Å². The van der Waals surface area contributed by atoms with Gasteiger partial charge >= 0.3 is 0 Å². The van der Waals surface area contributed by atoms with Gasteiger partial charge in [0.2, 0.25) is 0 Å². The molecule has 0 saturated heterocycles. The third-order valence-corrected chi connectivity index (χ3v) is 4.53. The first-order valence-corrected chi connectivity index (χ1v) is 7.80. The van der Waals surface area contributed by atoms with Gasteiger partial charge in [-0.15, -0.1) is 0 Å². The Hall–Kier alpha value is -1.81. The zero-order valence-corrected chi connectivity index (χ0v) is 12.6. The molecular formula is C17H23N3O. The number of nitrogens with one attached hydrogen (secondary N) is 2. The third-order valence-electron chi connectivity index (χ3n) is 4.53. The molecule has 2 N–H and O–H groups in total. The van der Waals surface area contributed by atoms with Crippen LogP contribution in [0.3, 0.4) is 0 Å². The van der Waals surface area contributed by atoms with E-state index in [1.807, 2.05) is 30.5 Å². The van der Waals surface area contributed by atoms with E-state index in [-0.39, 0.29) is 5.91 Å². The molecule has 21 heavy (non-hydrogen) atoms. The average Bonchev–Trinajstić information content (AvgIpc) is 3.17. The molecule has 4 heteroatoms. The van der Waals surface area contributed by atoms with Gasteiger partial charge in [-0.2, -0.15) is 0 Å². The first-order chi connectivity index (χ1) is 10.3. The van der Waals surface area contributed by atoms with Crippen LogP contribution in [0.5, 0.6) is 0 Å². The summed E-state index contributed by atoms with van der Waals surface area (Å²) in [6.07, 6.45) is 7.15. The number of benzene rings is 1. The van der Waals surface area contributed by atoms with Crippen LogP contribution >= 0.6 is 0 Å². The van der Waals surface area contributed by atoms with Gasteiger partial charge in [-0.25, -0.2) is 0 Å². The molecular weight excluding hydrogens is 262 g/mol. The van der Waals surface area contributed by atoms with Crippen molar-refractivity contribution in [2.45, 2.75) is 31.7 Å². The highest BCUT2D eigenvalue weighted by Gasteiger charge is 2.19. The van der Waals surface area contributed by atoms with E-state index in [0.717, 1.165) is 23.0 Å². The summed E-state index contributed by atoms with van der Waals surface area (Å²) >= 11 is 0. The Labute approximate surface area is 125 Å². The van der Waals surface area contributed by atoms with Gasteiger partial charge < -0.3 is 15.2 Å². The van der Waals surface area contributed by atoms with Crippen molar-refractivity contribution in [3.05, 3.63) is 36.0 Å². The third kappa shape index (κ3) is 3.10. The molecule has 1 amide bonds. The van der Waals surface area contributed by atoms with E-state index in [0.29, 0.717) is 12.6 Å². The van der Waals surface area contributed by atoms with Crippen LogP contribution < -0.4 is 5.32 Å². The standard InChI is InChI=1S/C17H23N3O/c1-20(14-6-2-3-7-14)12-11-19-17(21)15-8-4-5-13-9-10-18-16(13)15/h4-5,8-10,14,18H,2-3,6-7,11-12H2,1H3,(H,19,21). The maximum Gasteiger partial charge on any atom is 0.253 e. The summed E-state index contributed by atoms with van der Waals surface area (Å²) in [6, 6.07) is 8.50. The topological polar surface area (TPSA) is 48.1 Å². The number of aromatic amines is 1. The predicted octanol–water partition coefficient (Wildman–Crippen LogP) is 2.77. The summed E-state index contributed by atoms with van der Waals surface area (Å²) < 4.78 is 0. The van der Waals surface area contributed by atoms with E-state index >= 15 is 0 Å². The number of nitrogens with zero attached hydrogens (tertiary/aromatic N) is 1. The lowest BCUT2D eigenvalue weighted by Gasteiger charge is -2.23. The van der Waals surface area contributed by atoms with Crippen LogP contribution in [0.2, 0.25) is 0 Å². The quantitative estimate of drug-likeness (QED) is 0.887. The molecule has 4 nitrogen and oxygen atoms in total. The Morgan fingerprint density at radius 1 is 1.33 bits per heavy atom. The molecule has 1 aliphatic rings. The highest BCUT2D eigenvalue weighted by atomic mass is 16.1. The van der Waals surface area contributed by atoms with E-state index in [1.165, 1.54) is 25.7 Å². The fourth-order valence-electron chi connectivity index (χ4n) is 3.24. The number of fused-ring (bicyclic) bond motifs is 1. The number of likely N-dealkylation sites (N-methyl/N-ethyl adjacent to an activating group) is 1. The van der Waals surface area contributed by atoms with E-state index in [2.05, 4.69) is 22.2 Å². The number of H-pyrrole nitrogens is 1. The van der Waals surface area contributed by atoms with Crippen LogP contribution in [0.4, 0.5) is 0 Å². The van der Waals surface area contributed by atoms with E-state index < -0.39 is 0 Å². The predicted molar refractivity (Wildman–Crippen MR) is 85.5 cm³/mol. The Kier molecular flexibility index (Phi) is 4.25. The molecule has 1 heterocycles. The fraction of sp³-hybridized carbons (Fsp3) is 0.471. The van der Waals surface area contributed by atoms with Gasteiger partial charge in [0.05, 0.1) is 11.1 Å². The number of carbonyl (C=O) groups is 1. The van der Waals surface area contributed by atoms with Crippen molar-refractivity contribution in [3.63, 3.8) is 0 Å². The number of para-hydroxylation sites is 1. The first-order valence-electron chi connectivity index (χ1n) is 7.80.